The Morgan fingerprint density at radius 2 is 1.91 bits per heavy atom. The Kier molecular flexibility index (Phi) is 4.17. The fourth-order valence-electron chi connectivity index (χ4n) is 5.62. The summed E-state index contributed by atoms with van der Waals surface area (Å²) in [5, 5.41) is 20.6. The summed E-state index contributed by atoms with van der Waals surface area (Å²) in [5.41, 5.74) is 1.60. The molecule has 3 fully saturated rings. The molecule has 0 radical (unpaired) electrons. The molecule has 2 atom stereocenters. The summed E-state index contributed by atoms with van der Waals surface area (Å²) in [7, 11) is 0. The molecule has 4 N–H and O–H groups in total. The number of H-pyrrole nitrogens is 2. The number of nitrogens with zero attached hydrogens (tertiary/aromatic N) is 3. The van der Waals surface area contributed by atoms with Gasteiger partial charge >= 0.3 is 5.97 Å². The molecule has 0 spiro atoms. The summed E-state index contributed by atoms with van der Waals surface area (Å²) in [6.45, 7) is 0. The zero-order valence-electron chi connectivity index (χ0n) is 16.9. The van der Waals surface area contributed by atoms with Crippen molar-refractivity contribution in [3.63, 3.8) is 0 Å². The van der Waals surface area contributed by atoms with E-state index in [9.17, 15) is 14.3 Å². The number of anilines is 1. The van der Waals surface area contributed by atoms with Gasteiger partial charge in [-0.15, -0.1) is 0 Å². The van der Waals surface area contributed by atoms with Crippen molar-refractivity contribution in [1.29, 1.82) is 0 Å². The first kappa shape index (κ1) is 19.1. The van der Waals surface area contributed by atoms with Crippen molar-refractivity contribution in [1.82, 2.24) is 25.1 Å². The number of carboxylic acids is 1. The number of carboxylic acid groups (broad SMARTS) is 1. The van der Waals surface area contributed by atoms with E-state index in [4.69, 9.17) is 0 Å². The van der Waals surface area contributed by atoms with Crippen molar-refractivity contribution in [3.05, 3.63) is 36.3 Å². The van der Waals surface area contributed by atoms with Gasteiger partial charge in [0.1, 0.15) is 17.0 Å². The van der Waals surface area contributed by atoms with Crippen LogP contribution in [0.5, 0.6) is 0 Å². The van der Waals surface area contributed by atoms with Crippen LogP contribution in [-0.4, -0.2) is 42.3 Å². The van der Waals surface area contributed by atoms with E-state index in [1.165, 1.54) is 12.3 Å². The second kappa shape index (κ2) is 6.98. The average molecular weight is 438 g/mol. The molecule has 3 aliphatic carbocycles. The zero-order valence-corrected chi connectivity index (χ0v) is 16.9. The third kappa shape index (κ3) is 2.78. The topological polar surface area (TPSA) is 120 Å². The standard InChI is InChI=1S/C22H20F2N6O2/c23-11-5-12-13(7-26-20(12)25-6-11)18-14-8-27-30-19(14)16(24)21(29-18)28-17-10-3-1-9(2-4-10)15(17)22(31)32/h5-10,15,17H,1-4H2,(H,25,26)(H,27,30)(H,28,29)(H,31,32)/t9?,10?,15-,17?/m0/s1. The van der Waals surface area contributed by atoms with E-state index >= 15 is 4.39 Å². The van der Waals surface area contributed by atoms with Gasteiger partial charge in [-0.1, -0.05) is 0 Å². The fraction of sp³-hybridized carbons (Fsp3) is 0.364. The van der Waals surface area contributed by atoms with Crippen molar-refractivity contribution >= 4 is 33.7 Å². The predicted molar refractivity (Wildman–Crippen MR) is 113 cm³/mol. The van der Waals surface area contributed by atoms with E-state index in [1.54, 1.807) is 6.20 Å². The van der Waals surface area contributed by atoms with Crippen molar-refractivity contribution in [3.8, 4) is 11.3 Å². The van der Waals surface area contributed by atoms with Crippen molar-refractivity contribution in [2.45, 2.75) is 31.7 Å². The van der Waals surface area contributed by atoms with Gasteiger partial charge in [0.05, 0.1) is 24.0 Å². The Morgan fingerprint density at radius 3 is 2.69 bits per heavy atom. The zero-order chi connectivity index (χ0) is 22.0. The lowest BCUT2D eigenvalue weighted by Gasteiger charge is -2.47. The van der Waals surface area contributed by atoms with Crippen LogP contribution in [-0.2, 0) is 4.79 Å². The summed E-state index contributed by atoms with van der Waals surface area (Å²) in [6.07, 6.45) is 7.84. The summed E-state index contributed by atoms with van der Waals surface area (Å²) >= 11 is 0. The number of fused-ring (bicyclic) bond motifs is 5. The summed E-state index contributed by atoms with van der Waals surface area (Å²) in [5.74, 6) is -2.36. The highest BCUT2D eigenvalue weighted by molar-refractivity contribution is 6.02. The number of pyridine rings is 2. The minimum Gasteiger partial charge on any atom is -0.481 e. The predicted octanol–water partition coefficient (Wildman–Crippen LogP) is 4.08. The van der Waals surface area contributed by atoms with Gasteiger partial charge in [0.2, 0.25) is 0 Å². The summed E-state index contributed by atoms with van der Waals surface area (Å²) < 4.78 is 29.3. The number of aromatic amines is 2. The smallest absolute Gasteiger partial charge is 0.308 e. The Bertz CT molecular complexity index is 1360. The lowest BCUT2D eigenvalue weighted by atomic mass is 9.61. The molecule has 10 heteroatoms. The molecule has 164 valence electrons. The van der Waals surface area contributed by atoms with Crippen LogP contribution in [0.25, 0.3) is 33.2 Å². The Morgan fingerprint density at radius 1 is 1.12 bits per heavy atom. The van der Waals surface area contributed by atoms with E-state index in [0.29, 0.717) is 27.7 Å². The molecule has 1 unspecified atom stereocenters. The molecule has 4 aromatic rings. The van der Waals surface area contributed by atoms with Crippen LogP contribution in [0.3, 0.4) is 0 Å². The molecule has 4 heterocycles. The van der Waals surface area contributed by atoms with Crippen molar-refractivity contribution in [2.75, 3.05) is 5.32 Å². The highest BCUT2D eigenvalue weighted by Gasteiger charge is 2.47. The second-order valence-corrected chi connectivity index (χ2v) is 8.74. The van der Waals surface area contributed by atoms with Crippen molar-refractivity contribution < 1.29 is 18.7 Å². The van der Waals surface area contributed by atoms with Crippen LogP contribution in [0.15, 0.2) is 24.7 Å². The molecule has 7 rings (SSSR count). The molecule has 0 saturated heterocycles. The molecule has 0 aromatic carbocycles. The number of carbonyl (C=O) groups is 1. The lowest BCUT2D eigenvalue weighted by Crippen LogP contribution is -2.51. The Balaban J connectivity index is 1.49. The van der Waals surface area contributed by atoms with E-state index in [-0.39, 0.29) is 23.2 Å². The number of aliphatic carboxylic acids is 1. The third-order valence-electron chi connectivity index (χ3n) is 7.11. The third-order valence-corrected chi connectivity index (χ3v) is 7.11. The SMILES string of the molecule is O=C(O)[C@H]1C2CCC(CC2)C1Nc1nc(-c2c[nH]c3ncc(F)cc23)c2cn[nH]c2c1F. The van der Waals surface area contributed by atoms with Gasteiger partial charge in [-0.05, 0) is 43.6 Å². The minimum atomic E-state index is -0.863. The molecule has 0 aliphatic heterocycles. The molecule has 32 heavy (non-hydrogen) atoms. The summed E-state index contributed by atoms with van der Waals surface area (Å²) in [4.78, 5) is 23.6. The number of rotatable bonds is 4. The van der Waals surface area contributed by atoms with Gasteiger partial charge in [0.25, 0.3) is 0 Å². The maximum Gasteiger partial charge on any atom is 0.308 e. The molecule has 8 nitrogen and oxygen atoms in total. The Hall–Kier alpha value is -3.56. The molecule has 0 amide bonds. The quantitative estimate of drug-likeness (QED) is 0.381. The van der Waals surface area contributed by atoms with E-state index in [1.807, 2.05) is 0 Å². The van der Waals surface area contributed by atoms with E-state index in [0.717, 1.165) is 31.9 Å². The van der Waals surface area contributed by atoms with Gasteiger partial charge < -0.3 is 15.4 Å². The van der Waals surface area contributed by atoms with Gasteiger partial charge in [0.15, 0.2) is 11.6 Å². The highest BCUT2D eigenvalue weighted by Crippen LogP contribution is 2.47. The van der Waals surface area contributed by atoms with Gasteiger partial charge in [-0.2, -0.15) is 5.10 Å². The molecule has 3 aliphatic rings. The second-order valence-electron chi connectivity index (χ2n) is 8.74. The van der Waals surface area contributed by atoms with Gasteiger partial charge in [-0.3, -0.25) is 9.89 Å². The fourth-order valence-corrected chi connectivity index (χ4v) is 5.62. The van der Waals surface area contributed by atoms with Gasteiger partial charge in [-0.25, -0.2) is 18.7 Å². The van der Waals surface area contributed by atoms with Crippen LogP contribution >= 0.6 is 0 Å². The molecular formula is C22H20F2N6O2. The maximum atomic E-state index is 15.4. The average Bonchev–Trinajstić information content (AvgIpc) is 3.44. The first-order valence-corrected chi connectivity index (χ1v) is 10.7. The van der Waals surface area contributed by atoms with Crippen molar-refractivity contribution in [2.24, 2.45) is 17.8 Å². The van der Waals surface area contributed by atoms with E-state index in [2.05, 4.69) is 30.5 Å². The number of hydrogen-bond acceptors (Lipinski definition) is 5. The highest BCUT2D eigenvalue weighted by atomic mass is 19.1. The van der Waals surface area contributed by atoms with Crippen LogP contribution < -0.4 is 5.32 Å². The number of aromatic nitrogens is 5. The van der Waals surface area contributed by atoms with Crippen LogP contribution in [0.2, 0.25) is 0 Å². The molecule has 3 saturated carbocycles. The Labute approximate surface area is 180 Å². The number of nitrogens with one attached hydrogen (secondary N) is 3. The maximum absolute atomic E-state index is 15.4. The van der Waals surface area contributed by atoms with Crippen LogP contribution in [0, 0.1) is 29.4 Å². The largest absolute Gasteiger partial charge is 0.481 e. The summed E-state index contributed by atoms with van der Waals surface area (Å²) in [6, 6.07) is 0.941. The first-order valence-electron chi connectivity index (χ1n) is 10.7. The number of hydrogen-bond donors (Lipinski definition) is 4. The lowest BCUT2D eigenvalue weighted by molar-refractivity contribution is -0.148. The first-order chi connectivity index (χ1) is 15.5. The normalized spacial score (nSPS) is 24.9. The minimum absolute atomic E-state index is 0.0285. The number of halogens is 2. The van der Waals surface area contributed by atoms with Crippen LogP contribution in [0.4, 0.5) is 14.6 Å². The molecule has 2 bridgehead atoms. The van der Waals surface area contributed by atoms with E-state index < -0.39 is 29.6 Å². The molecular weight excluding hydrogens is 418 g/mol. The molecule has 4 aromatic heterocycles. The van der Waals surface area contributed by atoms with Gasteiger partial charge in [0, 0.05) is 28.6 Å². The van der Waals surface area contributed by atoms with Crippen LogP contribution in [0.1, 0.15) is 25.7 Å². The monoisotopic (exact) mass is 438 g/mol.